The molecule has 1 amide bonds. The average Bonchev–Trinajstić information content (AvgIpc) is 2.94. The molecular weight excluding hydrogens is 324 g/mol. The molecule has 3 rings (SSSR count). The van der Waals surface area contributed by atoms with Gasteiger partial charge in [0.2, 0.25) is 17.0 Å². The number of hydrogen-bond acceptors (Lipinski definition) is 6. The van der Waals surface area contributed by atoms with E-state index in [0.29, 0.717) is 11.1 Å². The molecule has 2 aliphatic rings. The monoisotopic (exact) mass is 348 g/mol. The van der Waals surface area contributed by atoms with Crippen molar-refractivity contribution in [3.05, 3.63) is 12.2 Å². The Morgan fingerprint density at radius 1 is 1.42 bits per heavy atom. The number of nitrogen functional groups attached to an aromatic ring is 1. The second-order valence-corrected chi connectivity index (χ2v) is 7.27. The summed E-state index contributed by atoms with van der Waals surface area (Å²) in [6, 6.07) is 0. The molecule has 0 aliphatic carbocycles. The molecule has 8 heteroatoms. The van der Waals surface area contributed by atoms with Gasteiger partial charge in [0.25, 0.3) is 0 Å². The van der Waals surface area contributed by atoms with Gasteiger partial charge in [0.15, 0.2) is 0 Å². The van der Waals surface area contributed by atoms with Crippen molar-refractivity contribution in [2.24, 2.45) is 10.9 Å². The molecule has 24 heavy (non-hydrogen) atoms. The molecule has 1 aromatic heterocycles. The Balaban J connectivity index is 1.54. The van der Waals surface area contributed by atoms with Crippen molar-refractivity contribution in [1.29, 1.82) is 0 Å². The normalized spacial score (nSPS) is 18.7. The van der Waals surface area contributed by atoms with E-state index < -0.39 is 0 Å². The predicted octanol–water partition coefficient (Wildman–Crippen LogP) is 1.61. The molecule has 1 saturated heterocycles. The first-order valence-electron chi connectivity index (χ1n) is 8.42. The van der Waals surface area contributed by atoms with Crippen molar-refractivity contribution < 1.29 is 4.79 Å². The Bertz CT molecular complexity index is 645. The molecule has 1 aromatic rings. The summed E-state index contributed by atoms with van der Waals surface area (Å²) in [7, 11) is 0. The number of hydrogen-bond donors (Lipinski definition) is 1. The molecule has 0 radical (unpaired) electrons. The maximum atomic E-state index is 12.4. The van der Waals surface area contributed by atoms with Crippen molar-refractivity contribution in [3.8, 4) is 0 Å². The van der Waals surface area contributed by atoms with Crippen LogP contribution in [0, 0.1) is 5.92 Å². The molecule has 0 spiro atoms. The minimum atomic E-state index is 0.0645. The standard InChI is InChI=1S/C16H24N6OS/c1-12-5-8-21(9-6-12)14(23)10-22-15(17)19-16(20-22)24-11-13-4-2-3-7-18-13/h2,4,12H,3,5-11H2,1H3,(H2,17,19,20). The lowest BCUT2D eigenvalue weighted by Gasteiger charge is -2.30. The third-order valence-electron chi connectivity index (χ3n) is 4.37. The molecule has 7 nitrogen and oxygen atoms in total. The predicted molar refractivity (Wildman–Crippen MR) is 96.2 cm³/mol. The first kappa shape index (κ1) is 17.0. The van der Waals surface area contributed by atoms with Crippen LogP contribution in [0.2, 0.25) is 0 Å². The molecule has 2 N–H and O–H groups in total. The van der Waals surface area contributed by atoms with Crippen LogP contribution in [0.25, 0.3) is 0 Å². The van der Waals surface area contributed by atoms with Crippen LogP contribution < -0.4 is 5.73 Å². The van der Waals surface area contributed by atoms with Crippen LogP contribution in [-0.2, 0) is 11.3 Å². The van der Waals surface area contributed by atoms with Crippen molar-refractivity contribution >= 4 is 29.3 Å². The number of anilines is 1. The van der Waals surface area contributed by atoms with E-state index in [2.05, 4.69) is 28.1 Å². The van der Waals surface area contributed by atoms with Gasteiger partial charge >= 0.3 is 0 Å². The molecule has 0 aromatic carbocycles. The largest absolute Gasteiger partial charge is 0.368 e. The quantitative estimate of drug-likeness (QED) is 0.817. The Labute approximate surface area is 146 Å². The molecule has 0 atom stereocenters. The van der Waals surface area contributed by atoms with Gasteiger partial charge in [-0.05, 0) is 31.3 Å². The Morgan fingerprint density at radius 2 is 2.21 bits per heavy atom. The number of likely N-dealkylation sites (tertiary alicyclic amines) is 1. The molecular formula is C16H24N6OS. The van der Waals surface area contributed by atoms with Gasteiger partial charge < -0.3 is 10.6 Å². The first-order valence-corrected chi connectivity index (χ1v) is 9.41. The van der Waals surface area contributed by atoms with E-state index in [9.17, 15) is 4.79 Å². The number of carbonyl (C=O) groups is 1. The lowest BCUT2D eigenvalue weighted by Crippen LogP contribution is -2.40. The summed E-state index contributed by atoms with van der Waals surface area (Å²) in [6.07, 6.45) is 7.30. The molecule has 2 aliphatic heterocycles. The number of thioether (sulfide) groups is 1. The van der Waals surface area contributed by atoms with E-state index in [0.717, 1.165) is 50.4 Å². The van der Waals surface area contributed by atoms with Gasteiger partial charge in [0, 0.05) is 31.1 Å². The fourth-order valence-electron chi connectivity index (χ4n) is 2.78. The highest BCUT2D eigenvalue weighted by Crippen LogP contribution is 2.18. The number of aliphatic imine (C=N–C) groups is 1. The summed E-state index contributed by atoms with van der Waals surface area (Å²) < 4.78 is 1.50. The lowest BCUT2D eigenvalue weighted by molar-refractivity contribution is -0.133. The molecule has 130 valence electrons. The third kappa shape index (κ3) is 4.37. The zero-order valence-electron chi connectivity index (χ0n) is 14.0. The third-order valence-corrected chi connectivity index (χ3v) is 5.24. The number of piperidine rings is 1. The second kappa shape index (κ2) is 7.83. The number of amides is 1. The molecule has 3 heterocycles. The zero-order chi connectivity index (χ0) is 16.9. The van der Waals surface area contributed by atoms with Gasteiger partial charge in [-0.3, -0.25) is 9.79 Å². The Morgan fingerprint density at radius 3 is 2.92 bits per heavy atom. The van der Waals surface area contributed by atoms with Gasteiger partial charge in [0.05, 0.1) is 0 Å². The van der Waals surface area contributed by atoms with Crippen LogP contribution in [0.5, 0.6) is 0 Å². The first-order chi connectivity index (χ1) is 11.6. The van der Waals surface area contributed by atoms with Crippen molar-refractivity contribution in [1.82, 2.24) is 19.7 Å². The molecule has 0 bridgehead atoms. The van der Waals surface area contributed by atoms with Crippen LogP contribution >= 0.6 is 11.8 Å². The summed E-state index contributed by atoms with van der Waals surface area (Å²) in [5, 5.41) is 4.95. The maximum Gasteiger partial charge on any atom is 0.244 e. The van der Waals surface area contributed by atoms with Crippen LogP contribution in [0.1, 0.15) is 26.2 Å². The second-order valence-electron chi connectivity index (χ2n) is 6.33. The minimum absolute atomic E-state index is 0.0645. The zero-order valence-corrected chi connectivity index (χ0v) is 14.8. The number of allylic oxidation sites excluding steroid dienone is 1. The molecule has 1 fully saturated rings. The summed E-state index contributed by atoms with van der Waals surface area (Å²) in [6.45, 7) is 4.88. The number of nitrogens with two attached hydrogens (primary N) is 1. The maximum absolute atomic E-state index is 12.4. The number of carbonyl (C=O) groups excluding carboxylic acids is 1. The van der Waals surface area contributed by atoms with E-state index in [-0.39, 0.29) is 18.4 Å². The van der Waals surface area contributed by atoms with Gasteiger partial charge in [-0.2, -0.15) is 4.98 Å². The van der Waals surface area contributed by atoms with Crippen molar-refractivity contribution in [2.75, 3.05) is 31.1 Å². The van der Waals surface area contributed by atoms with E-state index in [1.165, 1.54) is 16.4 Å². The highest BCUT2D eigenvalue weighted by atomic mass is 32.2. The lowest BCUT2D eigenvalue weighted by atomic mass is 9.99. The van der Waals surface area contributed by atoms with E-state index in [1.807, 2.05) is 11.0 Å². The summed E-state index contributed by atoms with van der Waals surface area (Å²) in [4.78, 5) is 23.0. The summed E-state index contributed by atoms with van der Waals surface area (Å²) in [5.74, 6) is 1.77. The summed E-state index contributed by atoms with van der Waals surface area (Å²) >= 11 is 1.49. The number of nitrogens with zero attached hydrogens (tertiary/aromatic N) is 5. The minimum Gasteiger partial charge on any atom is -0.368 e. The molecule has 0 saturated carbocycles. The van der Waals surface area contributed by atoms with Crippen LogP contribution in [0.3, 0.4) is 0 Å². The van der Waals surface area contributed by atoms with Gasteiger partial charge in [0.1, 0.15) is 6.54 Å². The van der Waals surface area contributed by atoms with E-state index >= 15 is 0 Å². The van der Waals surface area contributed by atoms with Crippen LogP contribution in [-0.4, -0.2) is 56.7 Å². The Hall–Kier alpha value is -1.83. The number of rotatable bonds is 5. The molecule has 0 unspecified atom stereocenters. The number of aromatic nitrogens is 3. The average molecular weight is 348 g/mol. The van der Waals surface area contributed by atoms with Crippen molar-refractivity contribution in [2.45, 2.75) is 37.9 Å². The highest BCUT2D eigenvalue weighted by Gasteiger charge is 2.21. The van der Waals surface area contributed by atoms with Crippen LogP contribution in [0.15, 0.2) is 22.3 Å². The topological polar surface area (TPSA) is 89.4 Å². The van der Waals surface area contributed by atoms with Gasteiger partial charge in [-0.15, -0.1) is 5.10 Å². The van der Waals surface area contributed by atoms with Gasteiger partial charge in [-0.1, -0.05) is 24.8 Å². The fourth-order valence-corrected chi connectivity index (χ4v) is 3.56. The smallest absolute Gasteiger partial charge is 0.244 e. The SMILES string of the molecule is CC1CCN(C(=O)Cn2nc(SCC3=NCCC=C3)nc2N)CC1. The summed E-state index contributed by atoms with van der Waals surface area (Å²) in [5.41, 5.74) is 6.95. The van der Waals surface area contributed by atoms with Crippen molar-refractivity contribution in [3.63, 3.8) is 0 Å². The van der Waals surface area contributed by atoms with Gasteiger partial charge in [-0.25, -0.2) is 4.68 Å². The number of dihydropyridines is 1. The fraction of sp³-hybridized carbons (Fsp3) is 0.625. The van der Waals surface area contributed by atoms with E-state index in [4.69, 9.17) is 5.73 Å². The van der Waals surface area contributed by atoms with E-state index in [1.54, 1.807) is 0 Å². The Kier molecular flexibility index (Phi) is 5.55. The highest BCUT2D eigenvalue weighted by molar-refractivity contribution is 7.99. The van der Waals surface area contributed by atoms with Crippen LogP contribution in [0.4, 0.5) is 5.95 Å².